The molecule has 0 amide bonds. The topological polar surface area (TPSA) is 15.3 Å². The summed E-state index contributed by atoms with van der Waals surface area (Å²) < 4.78 is 0. The molecule has 2 heteroatoms. The van der Waals surface area contributed by atoms with Crippen LogP contribution in [0.5, 0.6) is 0 Å². The van der Waals surface area contributed by atoms with Gasteiger partial charge in [-0.15, -0.1) is 0 Å². The first-order valence-electron chi connectivity index (χ1n) is 4.79. The fourth-order valence-corrected chi connectivity index (χ4v) is 2.90. The van der Waals surface area contributed by atoms with E-state index in [2.05, 4.69) is 24.2 Å². The molecule has 3 unspecified atom stereocenters. The first-order valence-corrected chi connectivity index (χ1v) is 4.79. The minimum Gasteiger partial charge on any atom is -0.315 e. The van der Waals surface area contributed by atoms with E-state index in [0.717, 1.165) is 18.1 Å². The van der Waals surface area contributed by atoms with Gasteiger partial charge in [0.15, 0.2) is 0 Å². The van der Waals surface area contributed by atoms with Crippen molar-refractivity contribution in [3.8, 4) is 0 Å². The van der Waals surface area contributed by atoms with Crippen molar-refractivity contribution in [2.24, 2.45) is 0 Å². The monoisotopic (exact) mass is 154 g/mol. The maximum atomic E-state index is 3.42. The zero-order chi connectivity index (χ0) is 7.84. The predicted octanol–water partition coefficient (Wildman–Crippen LogP) is 0.831. The van der Waals surface area contributed by atoms with Gasteiger partial charge in [0.2, 0.25) is 0 Å². The Morgan fingerprint density at radius 1 is 1.45 bits per heavy atom. The molecule has 2 saturated heterocycles. The van der Waals surface area contributed by atoms with Gasteiger partial charge in [-0.3, -0.25) is 4.90 Å². The van der Waals surface area contributed by atoms with Gasteiger partial charge in [0, 0.05) is 18.1 Å². The summed E-state index contributed by atoms with van der Waals surface area (Å²) in [6.07, 6.45) is 4.25. The van der Waals surface area contributed by atoms with E-state index < -0.39 is 0 Å². The Labute approximate surface area is 69.0 Å². The number of likely N-dealkylation sites (N-methyl/N-ethyl adjacent to an activating group) is 2. The van der Waals surface area contributed by atoms with Gasteiger partial charge >= 0.3 is 0 Å². The molecule has 2 bridgehead atoms. The Morgan fingerprint density at radius 3 is 2.73 bits per heavy atom. The molecule has 0 aromatic heterocycles. The summed E-state index contributed by atoms with van der Waals surface area (Å²) in [5, 5.41) is 3.42. The molecule has 64 valence electrons. The van der Waals surface area contributed by atoms with Crippen LogP contribution < -0.4 is 5.32 Å². The summed E-state index contributed by atoms with van der Waals surface area (Å²) in [5.74, 6) is 0. The van der Waals surface area contributed by atoms with Crippen LogP contribution in [0.4, 0.5) is 0 Å². The van der Waals surface area contributed by atoms with E-state index in [0.29, 0.717) is 0 Å². The molecule has 2 rings (SSSR count). The summed E-state index contributed by atoms with van der Waals surface area (Å²) >= 11 is 0. The van der Waals surface area contributed by atoms with Crippen molar-refractivity contribution in [3.63, 3.8) is 0 Å². The summed E-state index contributed by atoms with van der Waals surface area (Å²) in [7, 11) is 2.10. The number of nitrogens with one attached hydrogen (secondary N) is 1. The minimum absolute atomic E-state index is 0.786. The van der Waals surface area contributed by atoms with Crippen LogP contribution in [0.15, 0.2) is 0 Å². The third-order valence-electron chi connectivity index (χ3n) is 3.42. The smallest absolute Gasteiger partial charge is 0.0253 e. The fraction of sp³-hybridized carbons (Fsp3) is 1.00. The van der Waals surface area contributed by atoms with Crippen LogP contribution in [0.2, 0.25) is 0 Å². The highest BCUT2D eigenvalue weighted by atomic mass is 15.3. The minimum atomic E-state index is 0.786. The zero-order valence-electron chi connectivity index (χ0n) is 7.51. The molecule has 2 nitrogen and oxygen atoms in total. The molecule has 2 aliphatic heterocycles. The van der Waals surface area contributed by atoms with Crippen LogP contribution in [-0.4, -0.2) is 36.6 Å². The lowest BCUT2D eigenvalue weighted by atomic mass is 9.96. The highest BCUT2D eigenvalue weighted by Crippen LogP contribution is 2.36. The third-order valence-corrected chi connectivity index (χ3v) is 3.42. The van der Waals surface area contributed by atoms with Crippen molar-refractivity contribution in [2.75, 3.05) is 13.6 Å². The zero-order valence-corrected chi connectivity index (χ0v) is 7.51. The van der Waals surface area contributed by atoms with Gasteiger partial charge in [-0.2, -0.15) is 0 Å². The molecule has 0 saturated carbocycles. The van der Waals surface area contributed by atoms with Gasteiger partial charge < -0.3 is 5.32 Å². The van der Waals surface area contributed by atoms with Crippen LogP contribution in [0.1, 0.15) is 26.2 Å². The molecule has 2 fully saturated rings. The van der Waals surface area contributed by atoms with Crippen molar-refractivity contribution in [3.05, 3.63) is 0 Å². The second-order valence-corrected chi connectivity index (χ2v) is 3.76. The summed E-state index contributed by atoms with van der Waals surface area (Å²) in [5.41, 5.74) is 0. The average Bonchev–Trinajstić information content (AvgIpc) is 2.59. The van der Waals surface area contributed by atoms with E-state index in [1.807, 2.05) is 0 Å². The first-order chi connectivity index (χ1) is 5.36. The van der Waals surface area contributed by atoms with Gasteiger partial charge in [0.05, 0.1) is 0 Å². The number of nitrogens with zero attached hydrogens (tertiary/aromatic N) is 1. The highest BCUT2D eigenvalue weighted by Gasteiger charge is 2.44. The molecule has 1 N–H and O–H groups in total. The van der Waals surface area contributed by atoms with E-state index >= 15 is 0 Å². The summed E-state index contributed by atoms with van der Waals surface area (Å²) in [6.45, 7) is 3.52. The molecule has 3 atom stereocenters. The SMILES string of the molecule is CCN1C2CCC1C(NC)C2. The predicted molar refractivity (Wildman–Crippen MR) is 46.7 cm³/mol. The fourth-order valence-electron chi connectivity index (χ4n) is 2.90. The van der Waals surface area contributed by atoms with Gasteiger partial charge in [0.25, 0.3) is 0 Å². The van der Waals surface area contributed by atoms with Crippen LogP contribution in [0.25, 0.3) is 0 Å². The quantitative estimate of drug-likeness (QED) is 0.634. The summed E-state index contributed by atoms with van der Waals surface area (Å²) in [6, 6.07) is 2.55. The molecule has 2 aliphatic rings. The van der Waals surface area contributed by atoms with Crippen molar-refractivity contribution in [1.82, 2.24) is 10.2 Å². The first kappa shape index (κ1) is 7.56. The van der Waals surface area contributed by atoms with Crippen molar-refractivity contribution in [1.29, 1.82) is 0 Å². The number of rotatable bonds is 2. The van der Waals surface area contributed by atoms with E-state index in [9.17, 15) is 0 Å². The molecule has 0 radical (unpaired) electrons. The molecule has 2 heterocycles. The van der Waals surface area contributed by atoms with E-state index in [4.69, 9.17) is 0 Å². The Bertz CT molecular complexity index is 146. The average molecular weight is 154 g/mol. The van der Waals surface area contributed by atoms with Gasteiger partial charge in [-0.1, -0.05) is 6.92 Å². The lowest BCUT2D eigenvalue weighted by Gasteiger charge is -2.22. The normalized spacial score (nSPS) is 43.6. The molecule has 0 spiro atoms. The number of fused-ring (bicyclic) bond motifs is 2. The molecule has 0 aromatic carbocycles. The highest BCUT2D eigenvalue weighted by molar-refractivity contribution is 5.02. The Morgan fingerprint density at radius 2 is 2.27 bits per heavy atom. The Hall–Kier alpha value is -0.0800. The lowest BCUT2D eigenvalue weighted by Crippen LogP contribution is -2.38. The largest absolute Gasteiger partial charge is 0.315 e. The van der Waals surface area contributed by atoms with Crippen LogP contribution in [0, 0.1) is 0 Å². The standard InChI is InChI=1S/C9H18N2/c1-3-11-7-4-5-9(11)8(6-7)10-2/h7-10H,3-6H2,1-2H3. The van der Waals surface area contributed by atoms with E-state index in [1.54, 1.807) is 0 Å². The lowest BCUT2D eigenvalue weighted by molar-refractivity contribution is 0.257. The molecular formula is C9H18N2. The number of hydrogen-bond acceptors (Lipinski definition) is 2. The van der Waals surface area contributed by atoms with E-state index in [1.165, 1.54) is 25.8 Å². The van der Waals surface area contributed by atoms with Gasteiger partial charge in [0.1, 0.15) is 0 Å². The molecule has 0 aromatic rings. The van der Waals surface area contributed by atoms with Gasteiger partial charge in [-0.25, -0.2) is 0 Å². The van der Waals surface area contributed by atoms with Crippen LogP contribution >= 0.6 is 0 Å². The molecule has 11 heavy (non-hydrogen) atoms. The molecular weight excluding hydrogens is 136 g/mol. The number of hydrogen-bond donors (Lipinski definition) is 1. The maximum Gasteiger partial charge on any atom is 0.0253 e. The van der Waals surface area contributed by atoms with Crippen LogP contribution in [-0.2, 0) is 0 Å². The second-order valence-electron chi connectivity index (χ2n) is 3.76. The Kier molecular flexibility index (Phi) is 1.90. The van der Waals surface area contributed by atoms with Crippen molar-refractivity contribution >= 4 is 0 Å². The Balaban J connectivity index is 2.06. The second kappa shape index (κ2) is 2.76. The van der Waals surface area contributed by atoms with Crippen LogP contribution in [0.3, 0.4) is 0 Å². The summed E-state index contributed by atoms with van der Waals surface area (Å²) in [4.78, 5) is 2.67. The van der Waals surface area contributed by atoms with E-state index in [-0.39, 0.29) is 0 Å². The van der Waals surface area contributed by atoms with Gasteiger partial charge in [-0.05, 0) is 32.9 Å². The maximum absolute atomic E-state index is 3.42. The van der Waals surface area contributed by atoms with Crippen molar-refractivity contribution < 1.29 is 0 Å². The third kappa shape index (κ3) is 1.00. The van der Waals surface area contributed by atoms with Crippen molar-refractivity contribution in [2.45, 2.75) is 44.3 Å². The molecule has 0 aliphatic carbocycles.